The monoisotopic (exact) mass is 237 g/mol. The zero-order chi connectivity index (χ0) is 12.1. The predicted molar refractivity (Wildman–Crippen MR) is 70.8 cm³/mol. The molecular formula is C15H27NO. The summed E-state index contributed by atoms with van der Waals surface area (Å²) in [6.07, 6.45) is 12.7. The Kier molecular flexibility index (Phi) is 4.47. The minimum atomic E-state index is 0.316. The molecule has 0 aliphatic heterocycles. The summed E-state index contributed by atoms with van der Waals surface area (Å²) in [6.45, 7) is 3.25. The van der Waals surface area contributed by atoms with Gasteiger partial charge in [-0.25, -0.2) is 0 Å². The lowest BCUT2D eigenvalue weighted by Gasteiger charge is -2.34. The lowest BCUT2D eigenvalue weighted by atomic mass is 9.75. The quantitative estimate of drug-likeness (QED) is 0.797. The number of hydrogen-bond donors (Lipinski definition) is 1. The number of carbonyl (C=O) groups is 1. The summed E-state index contributed by atoms with van der Waals surface area (Å²) in [5.41, 5.74) is 0.378. The lowest BCUT2D eigenvalue weighted by Crippen LogP contribution is -2.40. The van der Waals surface area contributed by atoms with Crippen LogP contribution in [-0.2, 0) is 4.79 Å². The predicted octanol–water partition coefficient (Wildman–Crippen LogP) is 3.65. The SMILES string of the molecule is CC1(CNC(=O)C2CCCCC2)CCCCC1. The van der Waals surface area contributed by atoms with Crippen molar-refractivity contribution in [1.29, 1.82) is 0 Å². The van der Waals surface area contributed by atoms with Crippen LogP contribution in [0.25, 0.3) is 0 Å². The van der Waals surface area contributed by atoms with Gasteiger partial charge < -0.3 is 5.32 Å². The van der Waals surface area contributed by atoms with E-state index in [-0.39, 0.29) is 0 Å². The van der Waals surface area contributed by atoms with Gasteiger partial charge in [0, 0.05) is 12.5 Å². The van der Waals surface area contributed by atoms with Gasteiger partial charge in [-0.2, -0.15) is 0 Å². The number of hydrogen-bond acceptors (Lipinski definition) is 1. The zero-order valence-electron chi connectivity index (χ0n) is 11.3. The second-order valence-corrected chi connectivity index (χ2v) is 6.42. The van der Waals surface area contributed by atoms with Gasteiger partial charge in [0.2, 0.25) is 5.91 Å². The molecule has 17 heavy (non-hydrogen) atoms. The van der Waals surface area contributed by atoms with Crippen molar-refractivity contribution in [2.24, 2.45) is 11.3 Å². The number of carbonyl (C=O) groups excluding carboxylic acids is 1. The van der Waals surface area contributed by atoms with Crippen molar-refractivity contribution in [3.8, 4) is 0 Å². The third-order valence-corrected chi connectivity index (χ3v) is 4.73. The first-order valence-electron chi connectivity index (χ1n) is 7.47. The molecule has 0 aromatic carbocycles. The van der Waals surface area contributed by atoms with Crippen LogP contribution in [0.2, 0.25) is 0 Å². The molecule has 0 spiro atoms. The molecular weight excluding hydrogens is 210 g/mol. The van der Waals surface area contributed by atoms with Gasteiger partial charge in [-0.3, -0.25) is 4.79 Å². The fraction of sp³-hybridized carbons (Fsp3) is 0.933. The summed E-state index contributed by atoms with van der Waals surface area (Å²) < 4.78 is 0. The molecule has 0 heterocycles. The molecule has 1 N–H and O–H groups in total. The average Bonchev–Trinajstić information content (AvgIpc) is 2.38. The Bertz CT molecular complexity index is 250. The smallest absolute Gasteiger partial charge is 0.223 e. The number of amides is 1. The topological polar surface area (TPSA) is 29.1 Å². The Labute approximate surface area is 106 Å². The third-order valence-electron chi connectivity index (χ3n) is 4.73. The summed E-state index contributed by atoms with van der Waals surface area (Å²) in [5, 5.41) is 3.22. The van der Waals surface area contributed by atoms with Crippen molar-refractivity contribution in [2.45, 2.75) is 71.1 Å². The third kappa shape index (κ3) is 3.72. The summed E-state index contributed by atoms with van der Waals surface area (Å²) >= 11 is 0. The maximum Gasteiger partial charge on any atom is 0.223 e. The zero-order valence-corrected chi connectivity index (χ0v) is 11.3. The molecule has 2 saturated carbocycles. The van der Waals surface area contributed by atoms with Gasteiger partial charge in [-0.15, -0.1) is 0 Å². The molecule has 2 aliphatic carbocycles. The second kappa shape index (κ2) is 5.88. The van der Waals surface area contributed by atoms with E-state index in [1.165, 1.54) is 51.4 Å². The van der Waals surface area contributed by atoms with Gasteiger partial charge in [-0.05, 0) is 31.1 Å². The van der Waals surface area contributed by atoms with Crippen molar-refractivity contribution in [1.82, 2.24) is 5.32 Å². The average molecular weight is 237 g/mol. The molecule has 0 bridgehead atoms. The minimum Gasteiger partial charge on any atom is -0.355 e. The molecule has 0 saturated heterocycles. The van der Waals surface area contributed by atoms with E-state index in [2.05, 4.69) is 12.2 Å². The van der Waals surface area contributed by atoms with Crippen LogP contribution in [0.1, 0.15) is 71.1 Å². The second-order valence-electron chi connectivity index (χ2n) is 6.42. The molecule has 2 heteroatoms. The normalized spacial score (nSPS) is 25.5. The van der Waals surface area contributed by atoms with Crippen molar-refractivity contribution in [2.75, 3.05) is 6.54 Å². The van der Waals surface area contributed by atoms with E-state index < -0.39 is 0 Å². The molecule has 0 unspecified atom stereocenters. The van der Waals surface area contributed by atoms with Crippen molar-refractivity contribution in [3.05, 3.63) is 0 Å². The number of nitrogens with one attached hydrogen (secondary N) is 1. The van der Waals surface area contributed by atoms with Crippen LogP contribution in [-0.4, -0.2) is 12.5 Å². The Balaban J connectivity index is 1.74. The molecule has 0 aromatic heterocycles. The van der Waals surface area contributed by atoms with E-state index in [1.54, 1.807) is 0 Å². The van der Waals surface area contributed by atoms with E-state index in [4.69, 9.17) is 0 Å². The highest BCUT2D eigenvalue weighted by molar-refractivity contribution is 5.78. The summed E-state index contributed by atoms with van der Waals surface area (Å²) in [5.74, 6) is 0.646. The summed E-state index contributed by atoms with van der Waals surface area (Å²) in [4.78, 5) is 12.1. The van der Waals surface area contributed by atoms with Crippen molar-refractivity contribution >= 4 is 5.91 Å². The maximum absolute atomic E-state index is 12.1. The summed E-state index contributed by atoms with van der Waals surface area (Å²) in [7, 11) is 0. The Morgan fingerprint density at radius 3 is 2.29 bits per heavy atom. The molecule has 0 atom stereocenters. The Morgan fingerprint density at radius 2 is 1.65 bits per heavy atom. The van der Waals surface area contributed by atoms with Gasteiger partial charge in [0.15, 0.2) is 0 Å². The highest BCUT2D eigenvalue weighted by Crippen LogP contribution is 2.35. The molecule has 0 radical (unpaired) electrons. The van der Waals surface area contributed by atoms with Crippen LogP contribution in [0.4, 0.5) is 0 Å². The van der Waals surface area contributed by atoms with E-state index >= 15 is 0 Å². The Morgan fingerprint density at radius 1 is 1.06 bits per heavy atom. The minimum absolute atomic E-state index is 0.316. The molecule has 2 nitrogen and oxygen atoms in total. The van der Waals surface area contributed by atoms with Gasteiger partial charge in [0.25, 0.3) is 0 Å². The van der Waals surface area contributed by atoms with Crippen LogP contribution >= 0.6 is 0 Å². The van der Waals surface area contributed by atoms with E-state index in [9.17, 15) is 4.79 Å². The highest BCUT2D eigenvalue weighted by atomic mass is 16.1. The van der Waals surface area contributed by atoms with Gasteiger partial charge in [0.05, 0.1) is 0 Å². The first kappa shape index (κ1) is 12.9. The molecule has 1 amide bonds. The van der Waals surface area contributed by atoms with Crippen LogP contribution in [0.5, 0.6) is 0 Å². The fourth-order valence-electron chi connectivity index (χ4n) is 3.39. The van der Waals surface area contributed by atoms with Crippen LogP contribution in [0, 0.1) is 11.3 Å². The lowest BCUT2D eigenvalue weighted by molar-refractivity contribution is -0.126. The molecule has 0 aromatic rings. The van der Waals surface area contributed by atoms with Gasteiger partial charge >= 0.3 is 0 Å². The molecule has 98 valence electrons. The van der Waals surface area contributed by atoms with Gasteiger partial charge in [0.1, 0.15) is 0 Å². The molecule has 2 fully saturated rings. The fourth-order valence-corrected chi connectivity index (χ4v) is 3.39. The number of rotatable bonds is 3. The van der Waals surface area contributed by atoms with E-state index in [1.807, 2.05) is 0 Å². The molecule has 2 aliphatic rings. The summed E-state index contributed by atoms with van der Waals surface area (Å²) in [6, 6.07) is 0. The van der Waals surface area contributed by atoms with Crippen LogP contribution in [0.15, 0.2) is 0 Å². The van der Waals surface area contributed by atoms with Crippen molar-refractivity contribution < 1.29 is 4.79 Å². The van der Waals surface area contributed by atoms with Crippen LogP contribution in [0.3, 0.4) is 0 Å². The first-order chi connectivity index (χ1) is 8.20. The largest absolute Gasteiger partial charge is 0.355 e. The van der Waals surface area contributed by atoms with E-state index in [0.29, 0.717) is 17.2 Å². The Hall–Kier alpha value is -0.530. The maximum atomic E-state index is 12.1. The van der Waals surface area contributed by atoms with Crippen molar-refractivity contribution in [3.63, 3.8) is 0 Å². The van der Waals surface area contributed by atoms with E-state index in [0.717, 1.165) is 19.4 Å². The van der Waals surface area contributed by atoms with Gasteiger partial charge in [-0.1, -0.05) is 45.4 Å². The standard InChI is InChI=1S/C15H27NO/c1-15(10-6-3-7-11-15)12-16-14(17)13-8-4-2-5-9-13/h13H,2-12H2,1H3,(H,16,17). The molecule has 2 rings (SSSR count). The first-order valence-corrected chi connectivity index (χ1v) is 7.47. The van der Waals surface area contributed by atoms with Crippen LogP contribution < -0.4 is 5.32 Å². The highest BCUT2D eigenvalue weighted by Gasteiger charge is 2.28.